The van der Waals surface area contributed by atoms with E-state index >= 15 is 0 Å². The molecule has 2 N–H and O–H groups in total. The molecule has 0 bridgehead atoms. The SMILES string of the molecule is CC(C)(O)C1(O)CCC1. The van der Waals surface area contributed by atoms with E-state index in [-0.39, 0.29) is 0 Å². The smallest absolute Gasteiger partial charge is 0.0927 e. The van der Waals surface area contributed by atoms with Gasteiger partial charge in [-0.05, 0) is 33.1 Å². The summed E-state index contributed by atoms with van der Waals surface area (Å²) in [5.74, 6) is 0. The summed E-state index contributed by atoms with van der Waals surface area (Å²) >= 11 is 0. The van der Waals surface area contributed by atoms with Gasteiger partial charge in [0.05, 0.1) is 11.2 Å². The molecule has 1 aliphatic rings. The Kier molecular flexibility index (Phi) is 1.33. The third-order valence-corrected chi connectivity index (χ3v) is 2.32. The maximum Gasteiger partial charge on any atom is 0.0927 e. The van der Waals surface area contributed by atoms with E-state index in [0.29, 0.717) is 0 Å². The van der Waals surface area contributed by atoms with Gasteiger partial charge in [-0.3, -0.25) is 0 Å². The van der Waals surface area contributed by atoms with Crippen LogP contribution in [0.5, 0.6) is 0 Å². The minimum absolute atomic E-state index is 0.747. The van der Waals surface area contributed by atoms with Gasteiger partial charge < -0.3 is 10.2 Å². The molecule has 0 aromatic carbocycles. The summed E-state index contributed by atoms with van der Waals surface area (Å²) in [5.41, 5.74) is -1.70. The highest BCUT2D eigenvalue weighted by molar-refractivity contribution is 4.99. The van der Waals surface area contributed by atoms with Crippen LogP contribution in [0.4, 0.5) is 0 Å². The number of hydrogen-bond donors (Lipinski definition) is 2. The Hall–Kier alpha value is -0.0800. The summed E-state index contributed by atoms with van der Waals surface area (Å²) < 4.78 is 0. The van der Waals surface area contributed by atoms with Crippen molar-refractivity contribution < 1.29 is 10.2 Å². The van der Waals surface area contributed by atoms with Crippen molar-refractivity contribution in [2.75, 3.05) is 0 Å². The maximum atomic E-state index is 9.50. The summed E-state index contributed by atoms with van der Waals surface area (Å²) in [6, 6.07) is 0. The van der Waals surface area contributed by atoms with Gasteiger partial charge in [-0.2, -0.15) is 0 Å². The van der Waals surface area contributed by atoms with E-state index in [1.807, 2.05) is 0 Å². The fourth-order valence-electron chi connectivity index (χ4n) is 1.12. The predicted octanol–water partition coefficient (Wildman–Crippen LogP) is 0.672. The van der Waals surface area contributed by atoms with Crippen molar-refractivity contribution in [3.8, 4) is 0 Å². The van der Waals surface area contributed by atoms with Crippen LogP contribution in [0.2, 0.25) is 0 Å². The van der Waals surface area contributed by atoms with Crippen LogP contribution in [-0.4, -0.2) is 21.4 Å². The molecule has 1 aliphatic carbocycles. The Morgan fingerprint density at radius 3 is 1.78 bits per heavy atom. The van der Waals surface area contributed by atoms with Gasteiger partial charge in [0.25, 0.3) is 0 Å². The molecule has 1 fully saturated rings. The highest BCUT2D eigenvalue weighted by atomic mass is 16.4. The van der Waals surface area contributed by atoms with E-state index in [0.717, 1.165) is 19.3 Å². The number of hydrogen-bond acceptors (Lipinski definition) is 2. The third kappa shape index (κ3) is 0.970. The van der Waals surface area contributed by atoms with E-state index in [1.54, 1.807) is 13.8 Å². The first-order chi connectivity index (χ1) is 3.96. The van der Waals surface area contributed by atoms with Crippen molar-refractivity contribution in [3.63, 3.8) is 0 Å². The average Bonchev–Trinajstić information content (AvgIpc) is 1.57. The third-order valence-electron chi connectivity index (χ3n) is 2.32. The van der Waals surface area contributed by atoms with Crippen molar-refractivity contribution >= 4 is 0 Å². The first-order valence-corrected chi connectivity index (χ1v) is 3.40. The molecule has 0 unspecified atom stereocenters. The van der Waals surface area contributed by atoms with Crippen LogP contribution in [0, 0.1) is 0 Å². The fourth-order valence-corrected chi connectivity index (χ4v) is 1.12. The van der Waals surface area contributed by atoms with E-state index in [9.17, 15) is 10.2 Å². The van der Waals surface area contributed by atoms with Gasteiger partial charge in [0.15, 0.2) is 0 Å². The Morgan fingerprint density at radius 2 is 1.78 bits per heavy atom. The first kappa shape index (κ1) is 7.03. The molecule has 0 amide bonds. The molecular weight excluding hydrogens is 116 g/mol. The Morgan fingerprint density at radius 1 is 1.33 bits per heavy atom. The van der Waals surface area contributed by atoms with Crippen molar-refractivity contribution in [1.29, 1.82) is 0 Å². The van der Waals surface area contributed by atoms with Crippen LogP contribution >= 0.6 is 0 Å². The van der Waals surface area contributed by atoms with Crippen LogP contribution in [0.15, 0.2) is 0 Å². The predicted molar refractivity (Wildman–Crippen MR) is 35.1 cm³/mol. The van der Waals surface area contributed by atoms with Crippen molar-refractivity contribution in [1.82, 2.24) is 0 Å². The largest absolute Gasteiger partial charge is 0.387 e. The molecule has 0 saturated heterocycles. The van der Waals surface area contributed by atoms with Crippen LogP contribution < -0.4 is 0 Å². The molecule has 1 rings (SSSR count). The molecule has 0 atom stereocenters. The summed E-state index contributed by atoms with van der Waals surface area (Å²) in [4.78, 5) is 0. The lowest BCUT2D eigenvalue weighted by molar-refractivity contribution is -0.173. The second-order valence-corrected chi connectivity index (χ2v) is 3.44. The monoisotopic (exact) mass is 130 g/mol. The lowest BCUT2D eigenvalue weighted by Gasteiger charge is -2.45. The molecule has 2 nitrogen and oxygen atoms in total. The zero-order valence-corrected chi connectivity index (χ0v) is 6.02. The van der Waals surface area contributed by atoms with Gasteiger partial charge in [-0.15, -0.1) is 0 Å². The Balaban J connectivity index is 2.59. The zero-order chi connectivity index (χ0) is 7.12. The van der Waals surface area contributed by atoms with E-state index in [1.165, 1.54) is 0 Å². The summed E-state index contributed by atoms with van der Waals surface area (Å²) in [5, 5.41) is 18.8. The van der Waals surface area contributed by atoms with Gasteiger partial charge in [0, 0.05) is 0 Å². The van der Waals surface area contributed by atoms with Gasteiger partial charge in [-0.1, -0.05) is 0 Å². The summed E-state index contributed by atoms with van der Waals surface area (Å²) in [7, 11) is 0. The number of aliphatic hydroxyl groups is 2. The second-order valence-electron chi connectivity index (χ2n) is 3.44. The second kappa shape index (κ2) is 1.70. The fraction of sp³-hybridized carbons (Fsp3) is 1.00. The molecular formula is C7H14O2. The van der Waals surface area contributed by atoms with E-state index in [2.05, 4.69) is 0 Å². The molecule has 1 saturated carbocycles. The zero-order valence-electron chi connectivity index (χ0n) is 6.02. The highest BCUT2D eigenvalue weighted by Gasteiger charge is 2.46. The minimum atomic E-state index is -0.911. The molecule has 0 aromatic heterocycles. The van der Waals surface area contributed by atoms with Crippen LogP contribution in [0.3, 0.4) is 0 Å². The van der Waals surface area contributed by atoms with Crippen molar-refractivity contribution in [2.24, 2.45) is 0 Å². The molecule has 0 heterocycles. The normalized spacial score (nSPS) is 25.3. The molecule has 0 spiro atoms. The lowest BCUT2D eigenvalue weighted by Crippen LogP contribution is -2.54. The molecule has 9 heavy (non-hydrogen) atoms. The van der Waals surface area contributed by atoms with Crippen LogP contribution in [0.1, 0.15) is 33.1 Å². The standard InChI is InChI=1S/C7H14O2/c1-6(2,8)7(9)4-3-5-7/h8-9H,3-5H2,1-2H3. The Bertz CT molecular complexity index is 109. The topological polar surface area (TPSA) is 40.5 Å². The first-order valence-electron chi connectivity index (χ1n) is 3.40. The van der Waals surface area contributed by atoms with Crippen LogP contribution in [-0.2, 0) is 0 Å². The van der Waals surface area contributed by atoms with Crippen molar-refractivity contribution in [2.45, 2.75) is 44.3 Å². The van der Waals surface area contributed by atoms with Gasteiger partial charge in [0.2, 0.25) is 0 Å². The molecule has 2 heteroatoms. The average molecular weight is 130 g/mol. The van der Waals surface area contributed by atoms with Gasteiger partial charge >= 0.3 is 0 Å². The highest BCUT2D eigenvalue weighted by Crippen LogP contribution is 2.40. The van der Waals surface area contributed by atoms with E-state index < -0.39 is 11.2 Å². The molecule has 0 radical (unpaired) electrons. The lowest BCUT2D eigenvalue weighted by atomic mass is 9.70. The van der Waals surface area contributed by atoms with Gasteiger partial charge in [-0.25, -0.2) is 0 Å². The summed E-state index contributed by atoms with van der Waals surface area (Å²) in [6.07, 6.45) is 2.54. The quantitative estimate of drug-likeness (QED) is 0.547. The minimum Gasteiger partial charge on any atom is -0.387 e. The maximum absolute atomic E-state index is 9.50. The molecule has 54 valence electrons. The van der Waals surface area contributed by atoms with E-state index in [4.69, 9.17) is 0 Å². The van der Waals surface area contributed by atoms with Crippen molar-refractivity contribution in [3.05, 3.63) is 0 Å². The molecule has 0 aromatic rings. The van der Waals surface area contributed by atoms with Gasteiger partial charge in [0.1, 0.15) is 0 Å². The Labute approximate surface area is 55.5 Å². The molecule has 0 aliphatic heterocycles. The van der Waals surface area contributed by atoms with Crippen LogP contribution in [0.25, 0.3) is 0 Å². The number of rotatable bonds is 1. The summed E-state index contributed by atoms with van der Waals surface area (Å²) in [6.45, 7) is 3.32.